The van der Waals surface area contributed by atoms with E-state index in [2.05, 4.69) is 0 Å². The van der Waals surface area contributed by atoms with Crippen molar-refractivity contribution in [1.82, 2.24) is 0 Å². The highest BCUT2D eigenvalue weighted by atomic mass is 32.2. The zero-order valence-corrected chi connectivity index (χ0v) is 11.2. The van der Waals surface area contributed by atoms with Crippen LogP contribution in [0.25, 0.3) is 5.70 Å². The average Bonchev–Trinajstić information content (AvgIpc) is 2.29. The van der Waals surface area contributed by atoms with Crippen molar-refractivity contribution in [2.24, 2.45) is 5.73 Å². The molecule has 0 fully saturated rings. The summed E-state index contributed by atoms with van der Waals surface area (Å²) in [4.78, 5) is 0. The molecule has 88 valence electrons. The Morgan fingerprint density at radius 2 is 1.94 bits per heavy atom. The van der Waals surface area contributed by atoms with E-state index in [1.54, 1.807) is 13.4 Å². The summed E-state index contributed by atoms with van der Waals surface area (Å²) in [7, 11) is 0.559. The first kappa shape index (κ1) is 13.1. The van der Waals surface area contributed by atoms with Crippen LogP contribution in [0.5, 0.6) is 5.75 Å². The fraction of sp³-hybridized carbons (Fsp3) is 0.273. The van der Waals surface area contributed by atoms with Crippen molar-refractivity contribution in [3.63, 3.8) is 0 Å². The highest BCUT2D eigenvalue weighted by Gasteiger charge is 2.08. The molecule has 1 aromatic rings. The maximum Gasteiger partial charge on any atom is 0.118 e. The van der Waals surface area contributed by atoms with Gasteiger partial charge in [-0.2, -0.15) is 0 Å². The van der Waals surface area contributed by atoms with Gasteiger partial charge in [-0.25, -0.2) is 0 Å². The van der Waals surface area contributed by atoms with Gasteiger partial charge in [0.15, 0.2) is 0 Å². The molecule has 1 atom stereocenters. The molecular weight excluding hydrogens is 242 g/mol. The summed E-state index contributed by atoms with van der Waals surface area (Å²) in [5, 5.41) is 0. The molecule has 0 aliphatic rings. The Morgan fingerprint density at radius 3 is 2.31 bits per heavy atom. The Hall–Kier alpha value is -0.940. The van der Waals surface area contributed by atoms with Gasteiger partial charge in [0.1, 0.15) is 5.75 Å². The summed E-state index contributed by atoms with van der Waals surface area (Å²) in [5.41, 5.74) is 7.39. The third-order valence-electron chi connectivity index (χ3n) is 2.07. The highest BCUT2D eigenvalue weighted by molar-refractivity contribution is 8.16. The van der Waals surface area contributed by atoms with Crippen molar-refractivity contribution >= 4 is 28.3 Å². The standard InChI is InChI=1S/C11H15NO2S2/c1-14-9-6-4-8(5-7-9)10(12)11(15-2)16(3)13/h4-7H,12H2,1-3H3. The minimum atomic E-state index is -1.05. The fourth-order valence-corrected chi connectivity index (χ4v) is 2.97. The van der Waals surface area contributed by atoms with Crippen molar-refractivity contribution in [2.75, 3.05) is 19.6 Å². The van der Waals surface area contributed by atoms with Crippen LogP contribution in [0.4, 0.5) is 0 Å². The van der Waals surface area contributed by atoms with Crippen molar-refractivity contribution in [3.05, 3.63) is 34.1 Å². The van der Waals surface area contributed by atoms with Gasteiger partial charge in [0.25, 0.3) is 0 Å². The number of hydrogen-bond acceptors (Lipinski definition) is 4. The molecular formula is C11H15NO2S2. The normalized spacial score (nSPS) is 14.2. The van der Waals surface area contributed by atoms with Gasteiger partial charge in [0, 0.05) is 6.26 Å². The predicted octanol–water partition coefficient (Wildman–Crippen LogP) is 2.02. The number of methoxy groups -OCH3 is 1. The van der Waals surface area contributed by atoms with E-state index in [-0.39, 0.29) is 0 Å². The Labute approximate surface area is 103 Å². The van der Waals surface area contributed by atoms with E-state index in [9.17, 15) is 4.21 Å². The minimum Gasteiger partial charge on any atom is -0.497 e. The molecule has 1 rings (SSSR count). The molecule has 16 heavy (non-hydrogen) atoms. The van der Waals surface area contributed by atoms with Crippen molar-refractivity contribution in [2.45, 2.75) is 0 Å². The van der Waals surface area contributed by atoms with Crippen molar-refractivity contribution in [1.29, 1.82) is 0 Å². The molecule has 0 saturated heterocycles. The number of benzene rings is 1. The Bertz CT molecular complexity index is 412. The fourth-order valence-electron chi connectivity index (χ4n) is 1.27. The average molecular weight is 257 g/mol. The molecule has 3 nitrogen and oxygen atoms in total. The minimum absolute atomic E-state index is 0.566. The molecule has 0 saturated carbocycles. The van der Waals surface area contributed by atoms with Crippen LogP contribution in [-0.2, 0) is 10.8 Å². The zero-order chi connectivity index (χ0) is 12.1. The van der Waals surface area contributed by atoms with Crippen LogP contribution in [0.3, 0.4) is 0 Å². The quantitative estimate of drug-likeness (QED) is 0.896. The zero-order valence-electron chi connectivity index (χ0n) is 9.52. The van der Waals surface area contributed by atoms with Crippen molar-refractivity contribution < 1.29 is 8.95 Å². The highest BCUT2D eigenvalue weighted by Crippen LogP contribution is 2.25. The Morgan fingerprint density at radius 1 is 1.38 bits per heavy atom. The van der Waals surface area contributed by atoms with Gasteiger partial charge in [-0.3, -0.25) is 4.21 Å². The van der Waals surface area contributed by atoms with E-state index in [0.717, 1.165) is 11.3 Å². The topological polar surface area (TPSA) is 52.3 Å². The van der Waals surface area contributed by atoms with E-state index in [4.69, 9.17) is 10.5 Å². The largest absolute Gasteiger partial charge is 0.497 e. The van der Waals surface area contributed by atoms with Crippen LogP contribution in [0.15, 0.2) is 28.5 Å². The maximum atomic E-state index is 11.4. The summed E-state index contributed by atoms with van der Waals surface area (Å²) >= 11 is 1.41. The van der Waals surface area contributed by atoms with Crippen LogP contribution in [-0.4, -0.2) is 23.8 Å². The van der Waals surface area contributed by atoms with Gasteiger partial charge in [-0.05, 0) is 36.1 Å². The first-order valence-corrected chi connectivity index (χ1v) is 7.40. The smallest absolute Gasteiger partial charge is 0.118 e. The molecule has 0 spiro atoms. The summed E-state index contributed by atoms with van der Waals surface area (Å²) in [6, 6.07) is 7.38. The second-order valence-electron chi connectivity index (χ2n) is 3.09. The second kappa shape index (κ2) is 5.96. The second-order valence-corrected chi connectivity index (χ2v) is 5.48. The molecule has 0 aliphatic heterocycles. The van der Waals surface area contributed by atoms with Gasteiger partial charge in [0.05, 0.1) is 27.8 Å². The van der Waals surface area contributed by atoms with Crippen LogP contribution in [0.2, 0.25) is 0 Å². The molecule has 0 aliphatic carbocycles. The number of hydrogen-bond donors (Lipinski definition) is 1. The lowest BCUT2D eigenvalue weighted by Crippen LogP contribution is -2.03. The molecule has 0 amide bonds. The van der Waals surface area contributed by atoms with Crippen molar-refractivity contribution in [3.8, 4) is 5.75 Å². The third-order valence-corrected chi connectivity index (χ3v) is 4.60. The number of ether oxygens (including phenoxy) is 1. The Balaban J connectivity index is 3.11. The first-order valence-electron chi connectivity index (χ1n) is 4.61. The van der Waals surface area contributed by atoms with Crippen LogP contribution >= 0.6 is 11.8 Å². The van der Waals surface area contributed by atoms with E-state index >= 15 is 0 Å². The lowest BCUT2D eigenvalue weighted by molar-refractivity contribution is 0.415. The summed E-state index contributed by atoms with van der Waals surface area (Å²) in [6.07, 6.45) is 3.50. The monoisotopic (exact) mass is 257 g/mol. The lowest BCUT2D eigenvalue weighted by atomic mass is 10.2. The Kier molecular flexibility index (Phi) is 4.89. The summed E-state index contributed by atoms with van der Waals surface area (Å²) in [5.74, 6) is 0.778. The molecule has 1 aromatic carbocycles. The van der Waals surface area contributed by atoms with E-state index in [1.807, 2.05) is 30.5 Å². The van der Waals surface area contributed by atoms with Crippen LogP contribution in [0, 0.1) is 0 Å². The maximum absolute atomic E-state index is 11.4. The number of nitrogens with two attached hydrogens (primary N) is 1. The molecule has 0 bridgehead atoms. The predicted molar refractivity (Wildman–Crippen MR) is 71.7 cm³/mol. The molecule has 2 N–H and O–H groups in total. The van der Waals surface area contributed by atoms with Crippen LogP contribution in [0.1, 0.15) is 5.56 Å². The molecule has 0 radical (unpaired) electrons. The van der Waals surface area contributed by atoms with Gasteiger partial charge in [-0.1, -0.05) is 0 Å². The molecule has 0 aromatic heterocycles. The van der Waals surface area contributed by atoms with E-state index < -0.39 is 10.8 Å². The lowest BCUT2D eigenvalue weighted by Gasteiger charge is -2.08. The molecule has 5 heteroatoms. The number of rotatable bonds is 4. The molecule has 0 heterocycles. The van der Waals surface area contributed by atoms with Gasteiger partial charge in [-0.15, -0.1) is 11.8 Å². The first-order chi connectivity index (χ1) is 7.60. The molecule has 1 unspecified atom stereocenters. The summed E-state index contributed by atoms with van der Waals surface area (Å²) in [6.45, 7) is 0. The number of thioether (sulfide) groups is 1. The van der Waals surface area contributed by atoms with Crippen LogP contribution < -0.4 is 10.5 Å². The van der Waals surface area contributed by atoms with Gasteiger partial charge < -0.3 is 10.5 Å². The third kappa shape index (κ3) is 3.02. The van der Waals surface area contributed by atoms with E-state index in [0.29, 0.717) is 9.93 Å². The summed E-state index contributed by atoms with van der Waals surface area (Å²) < 4.78 is 17.2. The SMILES string of the molecule is COc1ccc(C(N)=C(SC)S(C)=O)cc1. The van der Waals surface area contributed by atoms with Gasteiger partial charge in [0.2, 0.25) is 0 Å². The van der Waals surface area contributed by atoms with E-state index in [1.165, 1.54) is 11.8 Å². The van der Waals surface area contributed by atoms with Gasteiger partial charge >= 0.3 is 0 Å².